The number of amides is 1. The molecule has 1 saturated heterocycles. The van der Waals surface area contributed by atoms with Gasteiger partial charge in [-0.3, -0.25) is 9.78 Å². The van der Waals surface area contributed by atoms with Crippen LogP contribution < -0.4 is 15.0 Å². The van der Waals surface area contributed by atoms with Crippen molar-refractivity contribution in [2.24, 2.45) is 0 Å². The van der Waals surface area contributed by atoms with Crippen molar-refractivity contribution < 1.29 is 9.53 Å². The minimum Gasteiger partial charge on any atom is -0.497 e. The number of H-pyrrole nitrogens is 1. The Morgan fingerprint density at radius 1 is 1.35 bits per heavy atom. The molecule has 0 saturated carbocycles. The molecule has 0 aliphatic carbocycles. The number of benzene rings is 1. The number of anilines is 1. The molecular weight excluding hydrogens is 330 g/mol. The molecule has 1 aliphatic heterocycles. The van der Waals surface area contributed by atoms with Crippen molar-refractivity contribution in [2.75, 3.05) is 25.1 Å². The molecule has 134 valence electrons. The SMILES string of the molecule is COc1ccc2[nH]c(C(=O)NC3CCCN(c4cnccn4)C3)cc2c1. The number of carbonyl (C=O) groups is 1. The summed E-state index contributed by atoms with van der Waals surface area (Å²) in [4.78, 5) is 26.5. The second kappa shape index (κ2) is 7.03. The van der Waals surface area contributed by atoms with Gasteiger partial charge in [0.2, 0.25) is 0 Å². The second-order valence-electron chi connectivity index (χ2n) is 6.46. The molecule has 2 aromatic heterocycles. The number of fused-ring (bicyclic) bond motifs is 1. The van der Waals surface area contributed by atoms with Crippen molar-refractivity contribution in [3.63, 3.8) is 0 Å². The van der Waals surface area contributed by atoms with Crippen LogP contribution in [0.3, 0.4) is 0 Å². The molecule has 1 amide bonds. The number of hydrogen-bond donors (Lipinski definition) is 2. The largest absolute Gasteiger partial charge is 0.497 e. The molecule has 0 bridgehead atoms. The van der Waals surface area contributed by atoms with E-state index >= 15 is 0 Å². The van der Waals surface area contributed by atoms with Gasteiger partial charge in [-0.1, -0.05) is 0 Å². The molecule has 3 heterocycles. The van der Waals surface area contributed by atoms with Gasteiger partial charge < -0.3 is 19.9 Å². The monoisotopic (exact) mass is 351 g/mol. The first kappa shape index (κ1) is 16.4. The van der Waals surface area contributed by atoms with Gasteiger partial charge in [0.05, 0.1) is 13.3 Å². The fourth-order valence-electron chi connectivity index (χ4n) is 3.38. The highest BCUT2D eigenvalue weighted by molar-refractivity contribution is 5.98. The van der Waals surface area contributed by atoms with E-state index in [1.807, 2.05) is 24.3 Å². The van der Waals surface area contributed by atoms with Crippen LogP contribution in [-0.2, 0) is 0 Å². The summed E-state index contributed by atoms with van der Waals surface area (Å²) >= 11 is 0. The molecule has 7 heteroatoms. The number of nitrogens with one attached hydrogen (secondary N) is 2. The Balaban J connectivity index is 1.45. The number of piperidine rings is 1. The average Bonchev–Trinajstić information content (AvgIpc) is 3.12. The van der Waals surface area contributed by atoms with Crippen molar-refractivity contribution in [1.29, 1.82) is 0 Å². The van der Waals surface area contributed by atoms with Crippen LogP contribution in [0.4, 0.5) is 5.82 Å². The fourth-order valence-corrected chi connectivity index (χ4v) is 3.38. The molecule has 1 fully saturated rings. The zero-order valence-corrected chi connectivity index (χ0v) is 14.6. The Morgan fingerprint density at radius 2 is 2.27 bits per heavy atom. The normalized spacial score (nSPS) is 17.3. The van der Waals surface area contributed by atoms with Crippen LogP contribution in [0, 0.1) is 0 Å². The predicted octanol–water partition coefficient (Wildman–Crippen LogP) is 2.37. The highest BCUT2D eigenvalue weighted by atomic mass is 16.5. The van der Waals surface area contributed by atoms with Crippen molar-refractivity contribution in [2.45, 2.75) is 18.9 Å². The molecule has 1 aromatic carbocycles. The summed E-state index contributed by atoms with van der Waals surface area (Å²) in [5.41, 5.74) is 1.48. The molecule has 4 rings (SSSR count). The summed E-state index contributed by atoms with van der Waals surface area (Å²) < 4.78 is 5.24. The van der Waals surface area contributed by atoms with Gasteiger partial charge in [-0.2, -0.15) is 0 Å². The molecule has 1 aliphatic rings. The molecule has 2 N–H and O–H groups in total. The minimum atomic E-state index is -0.0915. The van der Waals surface area contributed by atoms with Gasteiger partial charge in [-0.25, -0.2) is 4.98 Å². The van der Waals surface area contributed by atoms with Gasteiger partial charge in [0, 0.05) is 42.4 Å². The molecule has 7 nitrogen and oxygen atoms in total. The number of nitrogens with zero attached hydrogens (tertiary/aromatic N) is 3. The van der Waals surface area contributed by atoms with E-state index in [2.05, 4.69) is 25.2 Å². The zero-order chi connectivity index (χ0) is 17.9. The summed E-state index contributed by atoms with van der Waals surface area (Å²) in [5, 5.41) is 4.09. The van der Waals surface area contributed by atoms with Gasteiger partial charge in [-0.05, 0) is 37.1 Å². The number of ether oxygens (including phenoxy) is 1. The van der Waals surface area contributed by atoms with Gasteiger partial charge in [-0.15, -0.1) is 0 Å². The number of hydrogen-bond acceptors (Lipinski definition) is 5. The maximum atomic E-state index is 12.7. The van der Waals surface area contributed by atoms with Gasteiger partial charge in [0.1, 0.15) is 17.3 Å². The Hall–Kier alpha value is -3.09. The lowest BCUT2D eigenvalue weighted by atomic mass is 10.1. The van der Waals surface area contributed by atoms with Crippen LogP contribution >= 0.6 is 0 Å². The smallest absolute Gasteiger partial charge is 0.268 e. The first-order valence-corrected chi connectivity index (χ1v) is 8.71. The van der Waals surface area contributed by atoms with Crippen LogP contribution in [0.15, 0.2) is 42.9 Å². The first-order valence-electron chi connectivity index (χ1n) is 8.71. The maximum Gasteiger partial charge on any atom is 0.268 e. The van der Waals surface area contributed by atoms with E-state index in [0.29, 0.717) is 5.69 Å². The molecule has 3 aromatic rings. The first-order chi connectivity index (χ1) is 12.7. The lowest BCUT2D eigenvalue weighted by Gasteiger charge is -2.33. The summed E-state index contributed by atoms with van der Waals surface area (Å²) in [6, 6.07) is 7.65. The maximum absolute atomic E-state index is 12.7. The third kappa shape index (κ3) is 3.33. The van der Waals surface area contributed by atoms with Crippen molar-refractivity contribution >= 4 is 22.6 Å². The Bertz CT molecular complexity index is 909. The summed E-state index contributed by atoms with van der Waals surface area (Å²) in [6.45, 7) is 1.66. The minimum absolute atomic E-state index is 0.0826. The fraction of sp³-hybridized carbons (Fsp3) is 0.316. The third-order valence-corrected chi connectivity index (χ3v) is 4.70. The van der Waals surface area contributed by atoms with E-state index < -0.39 is 0 Å². The highest BCUT2D eigenvalue weighted by Crippen LogP contribution is 2.22. The molecule has 0 spiro atoms. The number of rotatable bonds is 4. The standard InChI is InChI=1S/C19H21N5O2/c1-26-15-4-5-16-13(9-15)10-17(23-16)19(25)22-14-3-2-8-24(12-14)18-11-20-6-7-21-18/h4-7,9-11,14,23H,2-3,8,12H2,1H3,(H,22,25). The predicted molar refractivity (Wildman–Crippen MR) is 99.6 cm³/mol. The van der Waals surface area contributed by atoms with E-state index in [1.54, 1.807) is 25.7 Å². The van der Waals surface area contributed by atoms with E-state index in [-0.39, 0.29) is 11.9 Å². The Morgan fingerprint density at radius 3 is 3.08 bits per heavy atom. The van der Waals surface area contributed by atoms with E-state index in [4.69, 9.17) is 4.74 Å². The number of aromatic amines is 1. The third-order valence-electron chi connectivity index (χ3n) is 4.70. The lowest BCUT2D eigenvalue weighted by Crippen LogP contribution is -2.48. The van der Waals surface area contributed by atoms with E-state index in [0.717, 1.165) is 48.4 Å². The number of aromatic nitrogens is 3. The van der Waals surface area contributed by atoms with Crippen LogP contribution in [-0.4, -0.2) is 47.1 Å². The topological polar surface area (TPSA) is 83.1 Å². The lowest BCUT2D eigenvalue weighted by molar-refractivity contribution is 0.0929. The molecule has 1 atom stereocenters. The van der Waals surface area contributed by atoms with Crippen LogP contribution in [0.5, 0.6) is 5.75 Å². The second-order valence-corrected chi connectivity index (χ2v) is 6.46. The van der Waals surface area contributed by atoms with Crippen molar-refractivity contribution in [1.82, 2.24) is 20.3 Å². The van der Waals surface area contributed by atoms with Crippen LogP contribution in [0.1, 0.15) is 23.3 Å². The van der Waals surface area contributed by atoms with Gasteiger partial charge in [0.15, 0.2) is 0 Å². The van der Waals surface area contributed by atoms with Crippen molar-refractivity contribution in [3.8, 4) is 5.75 Å². The Kier molecular flexibility index (Phi) is 4.43. The van der Waals surface area contributed by atoms with Crippen LogP contribution in [0.2, 0.25) is 0 Å². The molecule has 0 radical (unpaired) electrons. The van der Waals surface area contributed by atoms with Crippen LogP contribution in [0.25, 0.3) is 10.9 Å². The summed E-state index contributed by atoms with van der Waals surface area (Å²) in [6.07, 6.45) is 7.07. The Labute approximate surface area is 151 Å². The quantitative estimate of drug-likeness (QED) is 0.754. The molecular formula is C19H21N5O2. The van der Waals surface area contributed by atoms with Gasteiger partial charge in [0.25, 0.3) is 5.91 Å². The molecule has 26 heavy (non-hydrogen) atoms. The van der Waals surface area contributed by atoms with E-state index in [9.17, 15) is 4.79 Å². The average molecular weight is 351 g/mol. The number of carbonyl (C=O) groups excluding carboxylic acids is 1. The van der Waals surface area contributed by atoms with Gasteiger partial charge >= 0.3 is 0 Å². The summed E-state index contributed by atoms with van der Waals surface area (Å²) in [7, 11) is 1.63. The molecule has 1 unspecified atom stereocenters. The number of methoxy groups -OCH3 is 1. The highest BCUT2D eigenvalue weighted by Gasteiger charge is 2.23. The summed E-state index contributed by atoms with van der Waals surface area (Å²) in [5.74, 6) is 1.53. The van der Waals surface area contributed by atoms with Crippen molar-refractivity contribution in [3.05, 3.63) is 48.5 Å². The van der Waals surface area contributed by atoms with E-state index in [1.165, 1.54) is 0 Å². The zero-order valence-electron chi connectivity index (χ0n) is 14.6.